The Morgan fingerprint density at radius 2 is 2.03 bits per heavy atom. The van der Waals surface area contributed by atoms with Crippen LogP contribution in [0.4, 0.5) is 4.79 Å². The van der Waals surface area contributed by atoms with Crippen LogP contribution in [0.1, 0.15) is 38.1 Å². The molecule has 6 nitrogen and oxygen atoms in total. The molecule has 1 aliphatic rings. The standard InChI is InChI=1S/C22H29ClN4O2/c1-4-24-22(29)26(14-16(2)3)15-20(28)27-12-11-25-10-6-9-19(25)21(27)17-7-5-8-18(23)13-17/h5-10,13,16,21H,4,11-12,14-15H2,1-3H3,(H,24,29). The van der Waals surface area contributed by atoms with Crippen LogP contribution in [0.3, 0.4) is 0 Å². The molecule has 7 heteroatoms. The quantitative estimate of drug-likeness (QED) is 0.779. The predicted octanol–water partition coefficient (Wildman–Crippen LogP) is 3.76. The van der Waals surface area contributed by atoms with Gasteiger partial charge in [-0.1, -0.05) is 37.6 Å². The number of nitrogens with zero attached hydrogens (tertiary/aromatic N) is 3. The summed E-state index contributed by atoms with van der Waals surface area (Å²) in [5.74, 6) is 0.210. The Labute approximate surface area is 177 Å². The molecule has 0 fully saturated rings. The molecule has 1 atom stereocenters. The van der Waals surface area contributed by atoms with Crippen molar-refractivity contribution >= 4 is 23.5 Å². The van der Waals surface area contributed by atoms with Crippen molar-refractivity contribution < 1.29 is 9.59 Å². The number of aromatic nitrogens is 1. The molecule has 3 rings (SSSR count). The van der Waals surface area contributed by atoms with Crippen LogP contribution < -0.4 is 5.32 Å². The van der Waals surface area contributed by atoms with Crippen LogP contribution in [0, 0.1) is 5.92 Å². The second-order valence-electron chi connectivity index (χ2n) is 7.78. The Kier molecular flexibility index (Phi) is 6.85. The Morgan fingerprint density at radius 1 is 1.24 bits per heavy atom. The van der Waals surface area contributed by atoms with Crippen LogP contribution in [0.15, 0.2) is 42.6 Å². The number of fused-ring (bicyclic) bond motifs is 1. The van der Waals surface area contributed by atoms with Crippen LogP contribution in [-0.2, 0) is 11.3 Å². The van der Waals surface area contributed by atoms with Crippen molar-refractivity contribution in [2.75, 3.05) is 26.2 Å². The summed E-state index contributed by atoms with van der Waals surface area (Å²) < 4.78 is 2.17. The SMILES string of the molecule is CCNC(=O)N(CC(=O)N1CCn2cccc2C1c1cccc(Cl)c1)CC(C)C. The highest BCUT2D eigenvalue weighted by molar-refractivity contribution is 6.30. The average Bonchev–Trinajstić information content (AvgIpc) is 3.15. The van der Waals surface area contributed by atoms with E-state index < -0.39 is 0 Å². The normalized spacial score (nSPS) is 15.9. The first-order valence-electron chi connectivity index (χ1n) is 10.1. The van der Waals surface area contributed by atoms with E-state index in [1.807, 2.05) is 68.3 Å². The van der Waals surface area contributed by atoms with E-state index in [1.165, 1.54) is 0 Å². The van der Waals surface area contributed by atoms with E-state index in [9.17, 15) is 9.59 Å². The van der Waals surface area contributed by atoms with Crippen LogP contribution in [-0.4, -0.2) is 52.5 Å². The van der Waals surface area contributed by atoms with E-state index in [-0.39, 0.29) is 30.4 Å². The first-order chi connectivity index (χ1) is 13.9. The number of carbonyl (C=O) groups excluding carboxylic acids is 2. The molecular weight excluding hydrogens is 388 g/mol. The van der Waals surface area contributed by atoms with Gasteiger partial charge in [-0.15, -0.1) is 0 Å². The van der Waals surface area contributed by atoms with E-state index >= 15 is 0 Å². The molecule has 2 heterocycles. The summed E-state index contributed by atoms with van der Waals surface area (Å²) in [5.41, 5.74) is 2.03. The van der Waals surface area contributed by atoms with Gasteiger partial charge >= 0.3 is 6.03 Å². The minimum atomic E-state index is -0.222. The van der Waals surface area contributed by atoms with Gasteiger partial charge in [0.05, 0.1) is 6.04 Å². The lowest BCUT2D eigenvalue weighted by atomic mass is 9.99. The van der Waals surface area contributed by atoms with Crippen LogP contribution in [0.2, 0.25) is 5.02 Å². The Bertz CT molecular complexity index is 864. The topological polar surface area (TPSA) is 57.6 Å². The molecule has 1 N–H and O–H groups in total. The van der Waals surface area contributed by atoms with Crippen molar-refractivity contribution in [1.29, 1.82) is 0 Å². The Balaban J connectivity index is 1.88. The third-order valence-corrected chi connectivity index (χ3v) is 5.29. The molecular formula is C22H29ClN4O2. The average molecular weight is 417 g/mol. The molecule has 2 aromatic rings. The second-order valence-corrected chi connectivity index (χ2v) is 8.22. The van der Waals surface area contributed by atoms with Gasteiger partial charge in [-0.3, -0.25) is 4.79 Å². The number of amides is 3. The Hall–Kier alpha value is -2.47. The molecule has 0 aliphatic carbocycles. The zero-order valence-corrected chi connectivity index (χ0v) is 18.0. The number of benzene rings is 1. The highest BCUT2D eigenvalue weighted by Crippen LogP contribution is 2.33. The predicted molar refractivity (Wildman–Crippen MR) is 115 cm³/mol. The van der Waals surface area contributed by atoms with Crippen LogP contribution in [0.25, 0.3) is 0 Å². The number of urea groups is 1. The van der Waals surface area contributed by atoms with Crippen molar-refractivity contribution in [3.63, 3.8) is 0 Å². The molecule has 29 heavy (non-hydrogen) atoms. The fourth-order valence-electron chi connectivity index (χ4n) is 3.86. The molecule has 1 aliphatic heterocycles. The van der Waals surface area contributed by atoms with Crippen molar-refractivity contribution in [2.45, 2.75) is 33.4 Å². The lowest BCUT2D eigenvalue weighted by molar-refractivity contribution is -0.134. The van der Waals surface area contributed by atoms with Gasteiger partial charge in [-0.2, -0.15) is 0 Å². The van der Waals surface area contributed by atoms with Gasteiger partial charge in [-0.25, -0.2) is 4.79 Å². The van der Waals surface area contributed by atoms with Gasteiger partial charge in [0.25, 0.3) is 0 Å². The zero-order valence-electron chi connectivity index (χ0n) is 17.3. The summed E-state index contributed by atoms with van der Waals surface area (Å²) >= 11 is 6.24. The van der Waals surface area contributed by atoms with E-state index in [0.717, 1.165) is 17.8 Å². The summed E-state index contributed by atoms with van der Waals surface area (Å²) in [5, 5.41) is 3.46. The molecule has 1 unspecified atom stereocenters. The minimum Gasteiger partial charge on any atom is -0.348 e. The highest BCUT2D eigenvalue weighted by Gasteiger charge is 2.33. The lowest BCUT2D eigenvalue weighted by Gasteiger charge is -2.38. The number of carbonyl (C=O) groups is 2. The fraction of sp³-hybridized carbons (Fsp3) is 0.455. The summed E-state index contributed by atoms with van der Waals surface area (Å²) in [6.07, 6.45) is 2.04. The second kappa shape index (κ2) is 9.35. The maximum Gasteiger partial charge on any atom is 0.317 e. The number of hydrogen-bond acceptors (Lipinski definition) is 2. The maximum absolute atomic E-state index is 13.4. The van der Waals surface area contributed by atoms with Gasteiger partial charge in [-0.05, 0) is 42.7 Å². The number of rotatable bonds is 6. The van der Waals surface area contributed by atoms with Crippen molar-refractivity contribution in [3.8, 4) is 0 Å². The molecule has 1 aromatic carbocycles. The fourth-order valence-corrected chi connectivity index (χ4v) is 4.06. The molecule has 0 spiro atoms. The number of nitrogens with one attached hydrogen (secondary N) is 1. The van der Waals surface area contributed by atoms with Gasteiger partial charge < -0.3 is 19.7 Å². The largest absolute Gasteiger partial charge is 0.348 e. The lowest BCUT2D eigenvalue weighted by Crippen LogP contribution is -2.50. The summed E-state index contributed by atoms with van der Waals surface area (Å²) in [6, 6.07) is 11.3. The van der Waals surface area contributed by atoms with Crippen molar-refractivity contribution in [2.24, 2.45) is 5.92 Å². The molecule has 3 amide bonds. The summed E-state index contributed by atoms with van der Waals surface area (Å²) in [6.45, 7) is 8.40. The summed E-state index contributed by atoms with van der Waals surface area (Å²) in [4.78, 5) is 29.3. The maximum atomic E-state index is 13.4. The minimum absolute atomic E-state index is 0.0573. The molecule has 156 valence electrons. The van der Waals surface area contributed by atoms with E-state index in [0.29, 0.717) is 24.7 Å². The summed E-state index contributed by atoms with van der Waals surface area (Å²) in [7, 11) is 0. The molecule has 0 bridgehead atoms. The first-order valence-corrected chi connectivity index (χ1v) is 10.5. The van der Waals surface area contributed by atoms with Crippen LogP contribution >= 0.6 is 11.6 Å². The number of hydrogen-bond donors (Lipinski definition) is 1. The third kappa shape index (κ3) is 4.93. The Morgan fingerprint density at radius 3 is 2.72 bits per heavy atom. The molecule has 1 aromatic heterocycles. The molecule has 0 radical (unpaired) electrons. The monoisotopic (exact) mass is 416 g/mol. The smallest absolute Gasteiger partial charge is 0.317 e. The zero-order chi connectivity index (χ0) is 21.0. The van der Waals surface area contributed by atoms with Crippen molar-refractivity contribution in [3.05, 3.63) is 58.9 Å². The third-order valence-electron chi connectivity index (χ3n) is 5.05. The molecule has 0 saturated heterocycles. The van der Waals surface area contributed by atoms with Crippen molar-refractivity contribution in [1.82, 2.24) is 19.7 Å². The van der Waals surface area contributed by atoms with Gasteiger partial charge in [0, 0.05) is 43.1 Å². The van der Waals surface area contributed by atoms with E-state index in [4.69, 9.17) is 11.6 Å². The van der Waals surface area contributed by atoms with Gasteiger partial charge in [0.2, 0.25) is 5.91 Å². The van der Waals surface area contributed by atoms with Gasteiger partial charge in [0.15, 0.2) is 0 Å². The van der Waals surface area contributed by atoms with Crippen LogP contribution in [0.5, 0.6) is 0 Å². The van der Waals surface area contributed by atoms with E-state index in [1.54, 1.807) is 4.90 Å². The van der Waals surface area contributed by atoms with Gasteiger partial charge in [0.1, 0.15) is 6.54 Å². The van der Waals surface area contributed by atoms with E-state index in [2.05, 4.69) is 9.88 Å². The highest BCUT2D eigenvalue weighted by atomic mass is 35.5. The first kappa shape index (κ1) is 21.2. The number of halogens is 1. The molecule has 0 saturated carbocycles.